The average Bonchev–Trinajstić information content (AvgIpc) is 2.60. The standard InChI is InChI=1S/C18H26F3N3O2/c1-26-16-4-2-14(3-5-16)6-9-22-17(25)23-12-15-7-10-24(11-8-15)13-18(19,20)21/h2-5,15H,6-13H2,1H3,(H2,22,23,25). The Morgan fingerprint density at radius 1 is 1.19 bits per heavy atom. The van der Waals surface area contributed by atoms with E-state index in [0.29, 0.717) is 45.4 Å². The fourth-order valence-corrected chi connectivity index (χ4v) is 3.01. The first-order valence-electron chi connectivity index (χ1n) is 8.79. The minimum Gasteiger partial charge on any atom is -0.497 e. The highest BCUT2D eigenvalue weighted by atomic mass is 19.4. The van der Waals surface area contributed by atoms with Crippen LogP contribution in [0.25, 0.3) is 0 Å². The Hall–Kier alpha value is -1.96. The van der Waals surface area contributed by atoms with Crippen molar-refractivity contribution in [1.29, 1.82) is 0 Å². The zero-order valence-corrected chi connectivity index (χ0v) is 14.9. The van der Waals surface area contributed by atoms with Crippen LogP contribution in [0.5, 0.6) is 5.75 Å². The molecule has 0 aliphatic carbocycles. The van der Waals surface area contributed by atoms with E-state index in [2.05, 4.69) is 10.6 Å². The second kappa shape index (κ2) is 9.66. The molecule has 26 heavy (non-hydrogen) atoms. The van der Waals surface area contributed by atoms with Gasteiger partial charge in [0.2, 0.25) is 0 Å². The quantitative estimate of drug-likeness (QED) is 0.773. The number of ether oxygens (including phenoxy) is 1. The molecule has 0 unspecified atom stereocenters. The molecule has 1 aromatic carbocycles. The largest absolute Gasteiger partial charge is 0.497 e. The molecule has 146 valence electrons. The average molecular weight is 373 g/mol. The molecular formula is C18H26F3N3O2. The van der Waals surface area contributed by atoms with Gasteiger partial charge in [0.1, 0.15) is 5.75 Å². The van der Waals surface area contributed by atoms with Crippen molar-refractivity contribution in [2.24, 2.45) is 5.92 Å². The maximum Gasteiger partial charge on any atom is 0.401 e. The summed E-state index contributed by atoms with van der Waals surface area (Å²) in [5.74, 6) is 1.02. The first-order valence-corrected chi connectivity index (χ1v) is 8.79. The van der Waals surface area contributed by atoms with Gasteiger partial charge in [0.25, 0.3) is 0 Å². The van der Waals surface area contributed by atoms with Crippen molar-refractivity contribution >= 4 is 6.03 Å². The molecule has 1 aliphatic heterocycles. The molecule has 1 aromatic rings. The van der Waals surface area contributed by atoms with Crippen molar-refractivity contribution in [3.63, 3.8) is 0 Å². The highest BCUT2D eigenvalue weighted by molar-refractivity contribution is 5.73. The number of likely N-dealkylation sites (tertiary alicyclic amines) is 1. The van der Waals surface area contributed by atoms with E-state index in [1.165, 1.54) is 4.90 Å². The molecule has 0 bridgehead atoms. The number of hydrogen-bond donors (Lipinski definition) is 2. The lowest BCUT2D eigenvalue weighted by molar-refractivity contribution is -0.148. The number of halogens is 3. The highest BCUT2D eigenvalue weighted by Crippen LogP contribution is 2.22. The summed E-state index contributed by atoms with van der Waals surface area (Å²) in [6.07, 6.45) is -2.09. The molecule has 1 fully saturated rings. The Morgan fingerprint density at radius 2 is 1.85 bits per heavy atom. The summed E-state index contributed by atoms with van der Waals surface area (Å²) in [5.41, 5.74) is 1.10. The maximum atomic E-state index is 12.4. The van der Waals surface area contributed by atoms with E-state index >= 15 is 0 Å². The Morgan fingerprint density at radius 3 is 2.42 bits per heavy atom. The van der Waals surface area contributed by atoms with Crippen LogP contribution in [0.1, 0.15) is 18.4 Å². The minimum absolute atomic E-state index is 0.229. The number of nitrogens with zero attached hydrogens (tertiary/aromatic N) is 1. The van der Waals surface area contributed by atoms with E-state index in [1.807, 2.05) is 24.3 Å². The Bertz CT molecular complexity index is 556. The van der Waals surface area contributed by atoms with Gasteiger partial charge in [0.15, 0.2) is 0 Å². The zero-order valence-electron chi connectivity index (χ0n) is 14.9. The normalized spacial score (nSPS) is 16.3. The number of urea groups is 1. The molecular weight excluding hydrogens is 347 g/mol. The third-order valence-electron chi connectivity index (χ3n) is 4.52. The number of benzene rings is 1. The third-order valence-corrected chi connectivity index (χ3v) is 4.52. The molecule has 2 amide bonds. The Kier molecular flexibility index (Phi) is 7.56. The van der Waals surface area contributed by atoms with Crippen molar-refractivity contribution in [2.75, 3.05) is 39.8 Å². The third kappa shape index (κ3) is 7.51. The molecule has 1 saturated heterocycles. The molecule has 2 N–H and O–H groups in total. The van der Waals surface area contributed by atoms with E-state index in [4.69, 9.17) is 4.74 Å². The predicted octanol–water partition coefficient (Wildman–Crippen LogP) is 2.81. The van der Waals surface area contributed by atoms with E-state index in [-0.39, 0.29) is 11.9 Å². The van der Waals surface area contributed by atoms with Crippen LogP contribution in [0.4, 0.5) is 18.0 Å². The zero-order chi connectivity index (χ0) is 19.0. The van der Waals surface area contributed by atoms with Gasteiger partial charge in [-0.3, -0.25) is 4.90 Å². The monoisotopic (exact) mass is 373 g/mol. The number of carbonyl (C=O) groups excluding carboxylic acids is 1. The summed E-state index contributed by atoms with van der Waals surface area (Å²) < 4.78 is 42.2. The van der Waals surface area contributed by atoms with Crippen molar-refractivity contribution in [3.05, 3.63) is 29.8 Å². The molecule has 0 radical (unpaired) electrons. The SMILES string of the molecule is COc1ccc(CCNC(=O)NCC2CCN(CC(F)(F)F)CC2)cc1. The fraction of sp³-hybridized carbons (Fsp3) is 0.611. The van der Waals surface area contributed by atoms with Crippen LogP contribution in [0.15, 0.2) is 24.3 Å². The first kappa shape index (κ1) is 20.4. The molecule has 5 nitrogen and oxygen atoms in total. The topological polar surface area (TPSA) is 53.6 Å². The van der Waals surface area contributed by atoms with Crippen molar-refractivity contribution in [1.82, 2.24) is 15.5 Å². The summed E-state index contributed by atoms with van der Waals surface area (Å²) in [4.78, 5) is 13.2. The highest BCUT2D eigenvalue weighted by Gasteiger charge is 2.32. The number of amides is 2. The lowest BCUT2D eigenvalue weighted by Gasteiger charge is -2.32. The van der Waals surface area contributed by atoms with Gasteiger partial charge >= 0.3 is 12.2 Å². The summed E-state index contributed by atoms with van der Waals surface area (Å²) in [5, 5.41) is 5.61. The lowest BCUT2D eigenvalue weighted by atomic mass is 9.97. The first-order chi connectivity index (χ1) is 12.4. The van der Waals surface area contributed by atoms with Gasteiger partial charge in [-0.2, -0.15) is 13.2 Å². The molecule has 0 aromatic heterocycles. The van der Waals surface area contributed by atoms with Gasteiger partial charge in [-0.1, -0.05) is 12.1 Å². The molecule has 1 aliphatic rings. The number of hydrogen-bond acceptors (Lipinski definition) is 3. The molecule has 0 spiro atoms. The second-order valence-corrected chi connectivity index (χ2v) is 6.57. The van der Waals surface area contributed by atoms with Crippen molar-refractivity contribution in [3.8, 4) is 5.75 Å². The molecule has 2 rings (SSSR count). The number of alkyl halides is 3. The summed E-state index contributed by atoms with van der Waals surface area (Å²) in [6.45, 7) is 1.01. The van der Waals surface area contributed by atoms with Crippen molar-refractivity contribution in [2.45, 2.75) is 25.4 Å². The smallest absolute Gasteiger partial charge is 0.401 e. The van der Waals surface area contributed by atoms with Crippen molar-refractivity contribution < 1.29 is 22.7 Å². The van der Waals surface area contributed by atoms with Gasteiger partial charge in [0.05, 0.1) is 13.7 Å². The van der Waals surface area contributed by atoms with E-state index in [9.17, 15) is 18.0 Å². The summed E-state index contributed by atoms with van der Waals surface area (Å²) >= 11 is 0. The number of rotatable bonds is 7. The van der Waals surface area contributed by atoms with E-state index < -0.39 is 12.7 Å². The van der Waals surface area contributed by atoms with E-state index in [1.54, 1.807) is 7.11 Å². The lowest BCUT2D eigenvalue weighted by Crippen LogP contribution is -2.44. The number of nitrogens with one attached hydrogen (secondary N) is 2. The Labute approximate surface area is 151 Å². The van der Waals surface area contributed by atoms with Gasteiger partial charge in [-0.05, 0) is 56.0 Å². The fourth-order valence-electron chi connectivity index (χ4n) is 3.01. The van der Waals surface area contributed by atoms with Crippen LogP contribution in [-0.2, 0) is 6.42 Å². The molecule has 8 heteroatoms. The number of piperidine rings is 1. The Balaban J connectivity index is 1.57. The summed E-state index contributed by atoms with van der Waals surface area (Å²) in [7, 11) is 1.61. The van der Waals surface area contributed by atoms with Gasteiger partial charge in [-0.25, -0.2) is 4.79 Å². The van der Waals surface area contributed by atoms with Crippen LogP contribution in [-0.4, -0.2) is 56.9 Å². The van der Waals surface area contributed by atoms with Gasteiger partial charge in [-0.15, -0.1) is 0 Å². The molecule has 1 heterocycles. The molecule has 0 saturated carbocycles. The van der Waals surface area contributed by atoms with E-state index in [0.717, 1.165) is 11.3 Å². The van der Waals surface area contributed by atoms with Crippen LogP contribution < -0.4 is 15.4 Å². The van der Waals surface area contributed by atoms with Crippen LogP contribution >= 0.6 is 0 Å². The van der Waals surface area contributed by atoms with Gasteiger partial charge < -0.3 is 15.4 Å². The van der Waals surface area contributed by atoms with Crippen LogP contribution in [0, 0.1) is 5.92 Å². The second-order valence-electron chi connectivity index (χ2n) is 6.57. The van der Waals surface area contributed by atoms with Crippen LogP contribution in [0.3, 0.4) is 0 Å². The minimum atomic E-state index is -4.14. The van der Waals surface area contributed by atoms with Crippen LogP contribution in [0.2, 0.25) is 0 Å². The number of methoxy groups -OCH3 is 1. The maximum absolute atomic E-state index is 12.4. The molecule has 0 atom stereocenters. The van der Waals surface area contributed by atoms with Gasteiger partial charge in [0, 0.05) is 13.1 Å². The number of carbonyl (C=O) groups is 1. The predicted molar refractivity (Wildman–Crippen MR) is 93.3 cm³/mol. The summed E-state index contributed by atoms with van der Waals surface area (Å²) in [6, 6.07) is 7.41.